The summed E-state index contributed by atoms with van der Waals surface area (Å²) in [7, 11) is 0. The van der Waals surface area contributed by atoms with Crippen molar-refractivity contribution < 1.29 is 5.11 Å². The van der Waals surface area contributed by atoms with E-state index in [2.05, 4.69) is 23.8 Å². The molecule has 0 aliphatic heterocycles. The largest absolute Gasteiger partial charge is 0.386 e. The number of rotatable bonds is 6. The Morgan fingerprint density at radius 2 is 2.11 bits per heavy atom. The number of aromatic nitrogens is 3. The molecule has 0 saturated heterocycles. The summed E-state index contributed by atoms with van der Waals surface area (Å²) in [6.45, 7) is 6.65. The number of benzene rings is 1. The maximum absolute atomic E-state index is 10.1. The molecule has 1 unspecified atom stereocenters. The van der Waals surface area contributed by atoms with E-state index in [0.29, 0.717) is 18.7 Å². The molecule has 100 valence electrons. The van der Waals surface area contributed by atoms with Gasteiger partial charge in [0.15, 0.2) is 0 Å². The van der Waals surface area contributed by atoms with Crippen molar-refractivity contribution in [1.82, 2.24) is 15.0 Å². The molecule has 1 heterocycles. The molecule has 0 spiro atoms. The lowest BCUT2D eigenvalue weighted by Gasteiger charge is -2.06. The van der Waals surface area contributed by atoms with Crippen LogP contribution in [0.2, 0.25) is 0 Å². The molecule has 0 fully saturated rings. The third-order valence-corrected chi connectivity index (χ3v) is 3.06. The highest BCUT2D eigenvalue weighted by Gasteiger charge is 2.12. The Kier molecular flexibility index (Phi) is 4.47. The van der Waals surface area contributed by atoms with Crippen LogP contribution < -0.4 is 0 Å². The smallest absolute Gasteiger partial charge is 0.112 e. The van der Waals surface area contributed by atoms with Gasteiger partial charge < -0.3 is 5.11 Å². The fourth-order valence-electron chi connectivity index (χ4n) is 1.83. The molecule has 2 rings (SSSR count). The average molecular weight is 257 g/mol. The van der Waals surface area contributed by atoms with Crippen LogP contribution in [0.1, 0.15) is 30.7 Å². The van der Waals surface area contributed by atoms with Crippen molar-refractivity contribution in [2.24, 2.45) is 0 Å². The lowest BCUT2D eigenvalue weighted by atomic mass is 10.1. The third kappa shape index (κ3) is 3.76. The first-order chi connectivity index (χ1) is 9.19. The number of hydrogen-bond acceptors (Lipinski definition) is 3. The number of aliphatic hydroxyl groups is 1. The average Bonchev–Trinajstić information content (AvgIpc) is 2.88. The van der Waals surface area contributed by atoms with Crippen LogP contribution in [-0.2, 0) is 13.0 Å². The number of allylic oxidation sites excluding steroid dienone is 1. The van der Waals surface area contributed by atoms with Crippen LogP contribution in [0.15, 0.2) is 48.7 Å². The van der Waals surface area contributed by atoms with Gasteiger partial charge in [0.05, 0.1) is 12.7 Å². The minimum Gasteiger partial charge on any atom is -0.386 e. The van der Waals surface area contributed by atoms with Gasteiger partial charge in [-0.1, -0.05) is 54.6 Å². The second-order valence-corrected chi connectivity index (χ2v) is 4.65. The van der Waals surface area contributed by atoms with E-state index >= 15 is 0 Å². The maximum Gasteiger partial charge on any atom is 0.112 e. The summed E-state index contributed by atoms with van der Waals surface area (Å²) in [5, 5.41) is 18.2. The van der Waals surface area contributed by atoms with Gasteiger partial charge in [0, 0.05) is 6.42 Å². The second-order valence-electron chi connectivity index (χ2n) is 4.65. The summed E-state index contributed by atoms with van der Waals surface area (Å²) in [4.78, 5) is 0. The topological polar surface area (TPSA) is 50.9 Å². The Morgan fingerprint density at radius 1 is 1.37 bits per heavy atom. The van der Waals surface area contributed by atoms with Gasteiger partial charge in [-0.3, -0.25) is 0 Å². The van der Waals surface area contributed by atoms with Gasteiger partial charge in [-0.05, 0) is 12.0 Å². The van der Waals surface area contributed by atoms with E-state index in [1.807, 2.05) is 30.3 Å². The van der Waals surface area contributed by atoms with Gasteiger partial charge in [-0.25, -0.2) is 4.68 Å². The Balaban J connectivity index is 2.00. The van der Waals surface area contributed by atoms with Gasteiger partial charge >= 0.3 is 0 Å². The maximum atomic E-state index is 10.1. The zero-order valence-electron chi connectivity index (χ0n) is 11.2. The van der Waals surface area contributed by atoms with Crippen LogP contribution in [0.5, 0.6) is 0 Å². The van der Waals surface area contributed by atoms with Crippen LogP contribution in [0.25, 0.3) is 0 Å². The Morgan fingerprint density at radius 3 is 2.79 bits per heavy atom. The molecule has 0 bridgehead atoms. The molecular weight excluding hydrogens is 238 g/mol. The van der Waals surface area contributed by atoms with Gasteiger partial charge in [-0.2, -0.15) is 0 Å². The lowest BCUT2D eigenvalue weighted by molar-refractivity contribution is 0.173. The fourth-order valence-corrected chi connectivity index (χ4v) is 1.83. The molecule has 4 heteroatoms. The Labute approximate surface area is 113 Å². The summed E-state index contributed by atoms with van der Waals surface area (Å²) in [5.41, 5.74) is 2.78. The predicted molar refractivity (Wildman–Crippen MR) is 74.6 cm³/mol. The van der Waals surface area contributed by atoms with Gasteiger partial charge in [0.25, 0.3) is 0 Å². The first-order valence-corrected chi connectivity index (χ1v) is 6.47. The Bertz CT molecular complexity index is 533. The zero-order valence-corrected chi connectivity index (χ0v) is 11.2. The number of nitrogens with zero attached hydrogens (tertiary/aromatic N) is 3. The van der Waals surface area contributed by atoms with Gasteiger partial charge in [-0.15, -0.1) is 5.10 Å². The van der Waals surface area contributed by atoms with Crippen LogP contribution in [0.4, 0.5) is 0 Å². The number of hydrogen-bond donors (Lipinski definition) is 1. The highest BCUT2D eigenvalue weighted by Crippen LogP contribution is 2.16. The summed E-state index contributed by atoms with van der Waals surface area (Å²) in [6.07, 6.45) is 2.64. The van der Waals surface area contributed by atoms with Crippen LogP contribution >= 0.6 is 0 Å². The van der Waals surface area contributed by atoms with Gasteiger partial charge in [0.2, 0.25) is 0 Å². The standard InChI is InChI=1S/C15H19N3O/c1-3-12(2)10-18-11-14(16-17-18)15(19)9-13-7-5-4-6-8-13/h4-8,11,15,19H,2-3,9-10H2,1H3. The van der Waals surface area contributed by atoms with Crippen molar-refractivity contribution in [2.45, 2.75) is 32.4 Å². The Hall–Kier alpha value is -1.94. The molecule has 0 aliphatic carbocycles. The molecule has 1 aromatic carbocycles. The van der Waals surface area contributed by atoms with E-state index in [0.717, 1.165) is 17.6 Å². The molecule has 0 radical (unpaired) electrons. The van der Waals surface area contributed by atoms with Crippen molar-refractivity contribution in [3.8, 4) is 0 Å². The molecule has 0 aliphatic rings. The first-order valence-electron chi connectivity index (χ1n) is 6.47. The van der Waals surface area contributed by atoms with Crippen molar-refractivity contribution in [3.05, 3.63) is 59.9 Å². The zero-order chi connectivity index (χ0) is 13.7. The van der Waals surface area contributed by atoms with E-state index in [4.69, 9.17) is 0 Å². The summed E-state index contributed by atoms with van der Waals surface area (Å²) in [6, 6.07) is 9.87. The summed E-state index contributed by atoms with van der Waals surface area (Å²) in [5.74, 6) is 0. The molecule has 4 nitrogen and oxygen atoms in total. The highest BCUT2D eigenvalue weighted by atomic mass is 16.3. The van der Waals surface area contributed by atoms with Crippen LogP contribution in [0, 0.1) is 0 Å². The van der Waals surface area contributed by atoms with Crippen LogP contribution in [0.3, 0.4) is 0 Å². The fraction of sp³-hybridized carbons (Fsp3) is 0.333. The SMILES string of the molecule is C=C(CC)Cn1cc(C(O)Cc2ccccc2)nn1. The van der Waals surface area contributed by atoms with Crippen molar-refractivity contribution >= 4 is 0 Å². The lowest BCUT2D eigenvalue weighted by Crippen LogP contribution is -2.02. The monoisotopic (exact) mass is 257 g/mol. The molecule has 19 heavy (non-hydrogen) atoms. The molecule has 2 aromatic rings. The van der Waals surface area contributed by atoms with Crippen molar-refractivity contribution in [2.75, 3.05) is 0 Å². The van der Waals surface area contributed by atoms with Crippen molar-refractivity contribution in [1.29, 1.82) is 0 Å². The van der Waals surface area contributed by atoms with E-state index in [1.165, 1.54) is 0 Å². The van der Waals surface area contributed by atoms with E-state index in [-0.39, 0.29) is 0 Å². The molecule has 0 saturated carbocycles. The predicted octanol–water partition coefficient (Wildman–Crippen LogP) is 2.52. The highest BCUT2D eigenvalue weighted by molar-refractivity contribution is 5.17. The molecule has 1 N–H and O–H groups in total. The summed E-state index contributed by atoms with van der Waals surface area (Å²) < 4.78 is 1.72. The van der Waals surface area contributed by atoms with Crippen molar-refractivity contribution in [3.63, 3.8) is 0 Å². The van der Waals surface area contributed by atoms with E-state index in [9.17, 15) is 5.11 Å². The minimum absolute atomic E-state index is 0.550. The normalized spacial score (nSPS) is 12.3. The summed E-state index contributed by atoms with van der Waals surface area (Å²) >= 11 is 0. The molecule has 1 aromatic heterocycles. The molecule has 1 atom stereocenters. The van der Waals surface area contributed by atoms with E-state index in [1.54, 1.807) is 10.9 Å². The molecule has 0 amide bonds. The first kappa shape index (κ1) is 13.5. The van der Waals surface area contributed by atoms with E-state index < -0.39 is 6.10 Å². The number of aliphatic hydroxyl groups excluding tert-OH is 1. The van der Waals surface area contributed by atoms with Crippen LogP contribution in [-0.4, -0.2) is 20.1 Å². The van der Waals surface area contributed by atoms with Gasteiger partial charge in [0.1, 0.15) is 11.8 Å². The third-order valence-electron chi connectivity index (χ3n) is 3.06. The minimum atomic E-state index is -0.619. The second kappa shape index (κ2) is 6.29. The quantitative estimate of drug-likeness (QED) is 0.809. The molecular formula is C15H19N3O.